The second kappa shape index (κ2) is 18.7. The third-order valence-corrected chi connectivity index (χ3v) is 15.2. The molecule has 0 spiro atoms. The van der Waals surface area contributed by atoms with Crippen molar-refractivity contribution in [3.8, 4) is 34.2 Å². The fourth-order valence-corrected chi connectivity index (χ4v) is 8.75. The minimum absolute atomic E-state index is 0.350. The number of halogens is 1. The van der Waals surface area contributed by atoms with Crippen LogP contribution in [0.25, 0.3) is 56.2 Å². The van der Waals surface area contributed by atoms with Crippen LogP contribution in [0.5, 0.6) is 0 Å². The van der Waals surface area contributed by atoms with Crippen molar-refractivity contribution >= 4 is 64.6 Å². The van der Waals surface area contributed by atoms with Crippen molar-refractivity contribution in [1.29, 1.82) is 0 Å². The standard InChI is InChI=1S/C25H25BN2O2.C19H13BrN2.C12H24B2O4/c1-24(2)25(3,4)30-26(29-24)19-16-14-18(15-17-19)23-27-21-12-8-9-13-22(21)28(23)20-10-6-5-7-11-20;20-15-12-10-14(11-13-15)19-21-17-8-4-5-9-18(17)22(19)16-6-2-1-3-7-16;1-9(2)10(3,4)16-13(15-9)14-17-11(5,6)12(7,8)18-14/h5-17H,1-4H3;1-13H;1-8H3. The van der Waals surface area contributed by atoms with Crippen LogP contribution < -0.4 is 5.46 Å². The Kier molecular flexibility index (Phi) is 13.3. The molecule has 0 bridgehead atoms. The Balaban J connectivity index is 0.000000135. The quantitative estimate of drug-likeness (QED) is 0.152. The van der Waals surface area contributed by atoms with E-state index in [0.717, 1.165) is 66.2 Å². The van der Waals surface area contributed by atoms with E-state index in [4.69, 9.17) is 37.9 Å². The van der Waals surface area contributed by atoms with Gasteiger partial charge in [-0.05, 0) is 149 Å². The van der Waals surface area contributed by atoms with Crippen molar-refractivity contribution in [2.75, 3.05) is 0 Å². The summed E-state index contributed by atoms with van der Waals surface area (Å²) >= 11 is 3.49. The molecule has 8 aromatic rings. The van der Waals surface area contributed by atoms with E-state index in [9.17, 15) is 0 Å². The summed E-state index contributed by atoms with van der Waals surface area (Å²) in [5.74, 6) is 1.88. The number of imidazole rings is 2. The Morgan fingerprint density at radius 1 is 0.371 bits per heavy atom. The van der Waals surface area contributed by atoms with Crippen LogP contribution in [0.1, 0.15) is 83.1 Å². The van der Waals surface area contributed by atoms with E-state index >= 15 is 0 Å². The van der Waals surface area contributed by atoms with Gasteiger partial charge in [-0.2, -0.15) is 0 Å². The summed E-state index contributed by atoms with van der Waals surface area (Å²) in [4.78, 5) is 9.77. The van der Waals surface area contributed by atoms with E-state index in [-0.39, 0.29) is 40.7 Å². The molecule has 14 heteroatoms. The Morgan fingerprint density at radius 3 is 1.06 bits per heavy atom. The minimum atomic E-state index is -0.476. The summed E-state index contributed by atoms with van der Waals surface area (Å²) in [6, 6.07) is 53.8. The zero-order valence-electron chi connectivity index (χ0n) is 42.4. The zero-order chi connectivity index (χ0) is 49.9. The van der Waals surface area contributed by atoms with Gasteiger partial charge in [0.1, 0.15) is 11.6 Å². The van der Waals surface area contributed by atoms with E-state index in [1.165, 1.54) is 0 Å². The number of para-hydroxylation sites is 6. The molecular formula is C56H62B3BrN4O6. The summed E-state index contributed by atoms with van der Waals surface area (Å²) in [6.07, 6.45) is 0. The molecule has 10 nitrogen and oxygen atoms in total. The molecule has 3 aliphatic heterocycles. The molecule has 70 heavy (non-hydrogen) atoms. The molecule has 5 heterocycles. The smallest absolute Gasteiger partial charge is 0.405 e. The first-order valence-electron chi connectivity index (χ1n) is 24.1. The molecule has 0 saturated carbocycles. The molecule has 0 N–H and O–H groups in total. The van der Waals surface area contributed by atoms with Crippen molar-refractivity contribution in [2.24, 2.45) is 0 Å². The number of fused-ring (bicyclic) bond motifs is 2. The van der Waals surface area contributed by atoms with E-state index in [1.54, 1.807) is 0 Å². The predicted molar refractivity (Wildman–Crippen MR) is 289 cm³/mol. The molecule has 0 atom stereocenters. The van der Waals surface area contributed by atoms with Crippen molar-refractivity contribution in [2.45, 2.75) is 117 Å². The third kappa shape index (κ3) is 9.60. The Hall–Kier alpha value is -5.31. The van der Waals surface area contributed by atoms with Crippen LogP contribution in [-0.2, 0) is 27.9 Å². The van der Waals surface area contributed by atoms with Crippen molar-refractivity contribution < 1.29 is 27.9 Å². The highest BCUT2D eigenvalue weighted by atomic mass is 79.9. The first kappa shape index (κ1) is 49.7. The average molecular weight is 999 g/mol. The van der Waals surface area contributed by atoms with Crippen LogP contribution in [0, 0.1) is 0 Å². The van der Waals surface area contributed by atoms with Gasteiger partial charge in [-0.1, -0.05) is 113 Å². The van der Waals surface area contributed by atoms with Gasteiger partial charge in [-0.25, -0.2) is 9.97 Å². The molecular weight excluding hydrogens is 937 g/mol. The fourth-order valence-electron chi connectivity index (χ4n) is 8.48. The zero-order valence-corrected chi connectivity index (χ0v) is 43.9. The number of aromatic nitrogens is 4. The Morgan fingerprint density at radius 2 is 0.686 bits per heavy atom. The van der Waals surface area contributed by atoms with Gasteiger partial charge in [0.25, 0.3) is 0 Å². The monoisotopic (exact) mass is 998 g/mol. The highest BCUT2D eigenvalue weighted by Crippen LogP contribution is 2.43. The van der Waals surface area contributed by atoms with Crippen LogP contribution in [0.15, 0.2) is 162 Å². The van der Waals surface area contributed by atoms with Gasteiger partial charge in [0.2, 0.25) is 0 Å². The van der Waals surface area contributed by atoms with Gasteiger partial charge in [0, 0.05) is 27.0 Å². The van der Waals surface area contributed by atoms with Crippen molar-refractivity contribution in [1.82, 2.24) is 19.1 Å². The van der Waals surface area contributed by atoms with E-state index in [1.807, 2.05) is 91.8 Å². The lowest BCUT2D eigenvalue weighted by atomic mass is 9.49. The number of rotatable bonds is 6. The molecule has 11 rings (SSSR count). The Labute approximate surface area is 422 Å². The normalized spacial score (nSPS) is 19.2. The van der Waals surface area contributed by atoms with Crippen LogP contribution in [0.3, 0.4) is 0 Å². The number of nitrogens with zero attached hydrogens (tertiary/aromatic N) is 4. The van der Waals surface area contributed by atoms with Gasteiger partial charge in [-0.3, -0.25) is 9.13 Å². The summed E-state index contributed by atoms with van der Waals surface area (Å²) in [5, 5.41) is 0. The fraction of sp³-hybridized carbons (Fsp3) is 0.321. The lowest BCUT2D eigenvalue weighted by Gasteiger charge is -2.32. The van der Waals surface area contributed by atoms with Gasteiger partial charge >= 0.3 is 21.1 Å². The Bertz CT molecular complexity index is 3020. The molecule has 3 fully saturated rings. The van der Waals surface area contributed by atoms with Crippen molar-refractivity contribution in [3.05, 3.63) is 162 Å². The number of benzene rings is 6. The first-order chi connectivity index (χ1) is 33.1. The maximum atomic E-state index is 6.19. The lowest BCUT2D eigenvalue weighted by molar-refractivity contribution is 0.00578. The molecule has 2 aromatic heterocycles. The van der Waals surface area contributed by atoms with E-state index in [0.29, 0.717) is 0 Å². The van der Waals surface area contributed by atoms with Crippen molar-refractivity contribution in [3.63, 3.8) is 0 Å². The highest BCUT2D eigenvalue weighted by molar-refractivity contribution is 9.10. The minimum Gasteiger partial charge on any atom is -0.405 e. The summed E-state index contributed by atoms with van der Waals surface area (Å²) < 4.78 is 41.7. The molecule has 6 aromatic carbocycles. The largest absolute Gasteiger partial charge is 0.494 e. The molecule has 3 saturated heterocycles. The predicted octanol–water partition coefficient (Wildman–Crippen LogP) is 12.7. The molecule has 0 amide bonds. The topological polar surface area (TPSA) is 91.0 Å². The van der Waals surface area contributed by atoms with Gasteiger partial charge in [0.15, 0.2) is 0 Å². The number of hydrogen-bond acceptors (Lipinski definition) is 8. The molecule has 0 radical (unpaired) electrons. The lowest BCUT2D eigenvalue weighted by Crippen LogP contribution is -2.41. The molecule has 0 unspecified atom stereocenters. The van der Waals surface area contributed by atoms with Crippen LogP contribution in [-0.4, -0.2) is 73.8 Å². The van der Waals surface area contributed by atoms with Crippen LogP contribution in [0.4, 0.5) is 0 Å². The summed E-state index contributed by atoms with van der Waals surface area (Å²) in [5.41, 5.74) is 7.43. The molecule has 358 valence electrons. The highest BCUT2D eigenvalue weighted by Gasteiger charge is 2.63. The van der Waals surface area contributed by atoms with Crippen LogP contribution >= 0.6 is 15.9 Å². The van der Waals surface area contributed by atoms with E-state index < -0.39 is 14.0 Å². The summed E-state index contributed by atoms with van der Waals surface area (Å²) in [7, 11) is -1.32. The molecule has 3 aliphatic rings. The van der Waals surface area contributed by atoms with Gasteiger partial charge in [-0.15, -0.1) is 0 Å². The second-order valence-corrected chi connectivity index (χ2v) is 22.1. The van der Waals surface area contributed by atoms with Gasteiger partial charge < -0.3 is 27.9 Å². The average Bonchev–Trinajstić information content (AvgIpc) is 4.07. The number of hydrogen-bond donors (Lipinski definition) is 0. The SMILES string of the molecule is Brc1ccc(-c2nc3ccccc3n2-c2ccccc2)cc1.CC1(C)OB(B2OC(C)(C)C(C)(C)O2)OC1(C)C.CC1(C)OB(c2ccc(-c3nc4ccccc4n3-c3ccccc3)cc2)OC1(C)C. The summed E-state index contributed by atoms with van der Waals surface area (Å²) in [6.45, 7) is 24.5. The third-order valence-electron chi connectivity index (χ3n) is 14.7. The first-order valence-corrected chi connectivity index (χ1v) is 24.8. The maximum absolute atomic E-state index is 6.19. The van der Waals surface area contributed by atoms with Gasteiger partial charge in [0.05, 0.1) is 55.7 Å². The maximum Gasteiger partial charge on any atom is 0.494 e. The van der Waals surface area contributed by atoms with Crippen LogP contribution in [0.2, 0.25) is 0 Å². The van der Waals surface area contributed by atoms with E-state index in [2.05, 4.69) is 174 Å². The molecule has 0 aliphatic carbocycles. The second-order valence-electron chi connectivity index (χ2n) is 21.2.